The highest BCUT2D eigenvalue weighted by molar-refractivity contribution is 6.83. The van der Waals surface area contributed by atoms with Crippen LogP contribution in [0.4, 0.5) is 5.69 Å². The highest BCUT2D eigenvalue weighted by Gasteiger charge is 2.42. The summed E-state index contributed by atoms with van der Waals surface area (Å²) in [5.74, 6) is 3.84. The third-order valence-electron chi connectivity index (χ3n) is 3.54. The molecular formula is C19H27N3OSi. The van der Waals surface area contributed by atoms with Gasteiger partial charge in [-0.15, -0.1) is 10.6 Å². The maximum atomic E-state index is 12.2. The summed E-state index contributed by atoms with van der Waals surface area (Å²) in [5.41, 5.74) is 4.13. The summed E-state index contributed by atoms with van der Waals surface area (Å²) < 4.78 is 0. The molecule has 0 amide bonds. The van der Waals surface area contributed by atoms with Crippen molar-refractivity contribution in [2.45, 2.75) is 59.0 Å². The Morgan fingerprint density at radius 1 is 1.17 bits per heavy atom. The molecule has 1 aromatic carbocycles. The van der Waals surface area contributed by atoms with Gasteiger partial charge < -0.3 is 4.90 Å². The Morgan fingerprint density at radius 3 is 2.21 bits per heavy atom. The molecule has 0 saturated heterocycles. The molecule has 5 heteroatoms. The molecule has 24 heavy (non-hydrogen) atoms. The van der Waals surface area contributed by atoms with E-state index >= 15 is 0 Å². The van der Waals surface area contributed by atoms with E-state index in [2.05, 4.69) is 57.0 Å². The Labute approximate surface area is 146 Å². The number of anilines is 1. The SMILES string of the molecule is CC(=O)C1=NN(c2ccccc2)[C@H](C#C[Si](C)(C)C)N1C(C)(C)C. The van der Waals surface area contributed by atoms with Crippen LogP contribution in [-0.4, -0.2) is 36.3 Å². The van der Waals surface area contributed by atoms with E-state index in [0.717, 1.165) is 5.69 Å². The normalized spacial score (nSPS) is 18.1. The van der Waals surface area contributed by atoms with Gasteiger partial charge in [-0.25, -0.2) is 5.01 Å². The molecule has 0 radical (unpaired) electrons. The minimum Gasteiger partial charge on any atom is -0.315 e. The number of carbonyl (C=O) groups excluding carboxylic acids is 1. The van der Waals surface area contributed by atoms with Crippen LogP contribution in [0.3, 0.4) is 0 Å². The zero-order chi connectivity index (χ0) is 18.1. The summed E-state index contributed by atoms with van der Waals surface area (Å²) in [5, 5.41) is 6.50. The Balaban J connectivity index is 2.57. The molecule has 0 saturated carbocycles. The number of ketones is 1. The van der Waals surface area contributed by atoms with Gasteiger partial charge in [0.25, 0.3) is 0 Å². The molecule has 2 rings (SSSR count). The van der Waals surface area contributed by atoms with Crippen LogP contribution in [0.25, 0.3) is 0 Å². The van der Waals surface area contributed by atoms with Crippen LogP contribution in [0.15, 0.2) is 35.4 Å². The van der Waals surface area contributed by atoms with Crippen LogP contribution in [0.1, 0.15) is 27.7 Å². The van der Waals surface area contributed by atoms with Gasteiger partial charge in [-0.3, -0.25) is 4.79 Å². The van der Waals surface area contributed by atoms with Crippen molar-refractivity contribution in [2.24, 2.45) is 5.10 Å². The Kier molecular flexibility index (Phi) is 4.91. The molecule has 0 aliphatic carbocycles. The second-order valence-corrected chi connectivity index (χ2v) is 12.8. The third-order valence-corrected chi connectivity index (χ3v) is 4.44. The summed E-state index contributed by atoms with van der Waals surface area (Å²) in [7, 11) is -1.54. The average Bonchev–Trinajstić information content (AvgIpc) is 2.85. The summed E-state index contributed by atoms with van der Waals surface area (Å²) in [4.78, 5) is 14.2. The number of hydrogen-bond donors (Lipinski definition) is 0. The minimum absolute atomic E-state index is 0.0387. The van der Waals surface area contributed by atoms with Gasteiger partial charge in [-0.05, 0) is 32.9 Å². The fourth-order valence-electron chi connectivity index (χ4n) is 2.54. The molecular weight excluding hydrogens is 314 g/mol. The standard InChI is InChI=1S/C19H27N3OSi/c1-15(23)18-20-22(16-11-9-8-10-12-16)17(13-14-24(5,6)7)21(18)19(2,3)4/h8-12,17H,1-7H3/t17-/m1/s1. The molecule has 128 valence electrons. The number of hydrazone groups is 1. The summed E-state index contributed by atoms with van der Waals surface area (Å²) in [6, 6.07) is 9.91. The number of benzene rings is 1. The highest BCUT2D eigenvalue weighted by atomic mass is 28.3. The van der Waals surface area contributed by atoms with E-state index in [4.69, 9.17) is 0 Å². The largest absolute Gasteiger partial charge is 0.315 e. The van der Waals surface area contributed by atoms with Crippen molar-refractivity contribution in [3.05, 3.63) is 30.3 Å². The zero-order valence-electron chi connectivity index (χ0n) is 15.7. The molecule has 1 atom stereocenters. The smallest absolute Gasteiger partial charge is 0.196 e. The second-order valence-electron chi connectivity index (χ2n) is 8.09. The molecule has 1 heterocycles. The monoisotopic (exact) mass is 341 g/mol. The number of rotatable bonds is 2. The van der Waals surface area contributed by atoms with E-state index in [1.807, 2.05) is 40.2 Å². The van der Waals surface area contributed by atoms with Gasteiger partial charge >= 0.3 is 0 Å². The van der Waals surface area contributed by atoms with Gasteiger partial charge in [0.1, 0.15) is 8.07 Å². The summed E-state index contributed by atoms with van der Waals surface area (Å²) in [6.45, 7) is 14.5. The lowest BCUT2D eigenvalue weighted by atomic mass is 10.0. The van der Waals surface area contributed by atoms with Gasteiger partial charge in [-0.1, -0.05) is 43.8 Å². The Bertz CT molecular complexity index is 702. The maximum Gasteiger partial charge on any atom is 0.196 e. The predicted molar refractivity (Wildman–Crippen MR) is 104 cm³/mol. The first kappa shape index (κ1) is 18.3. The second kappa shape index (κ2) is 6.44. The predicted octanol–water partition coefficient (Wildman–Crippen LogP) is 3.72. The molecule has 0 bridgehead atoms. The minimum atomic E-state index is -1.54. The van der Waals surface area contributed by atoms with E-state index in [1.165, 1.54) is 0 Å². The molecule has 0 N–H and O–H groups in total. The molecule has 1 aliphatic heterocycles. The Hall–Kier alpha value is -2.06. The van der Waals surface area contributed by atoms with Gasteiger partial charge in [0.05, 0.1) is 5.69 Å². The van der Waals surface area contributed by atoms with Crippen LogP contribution in [0.5, 0.6) is 0 Å². The van der Waals surface area contributed by atoms with Crippen LogP contribution in [0.2, 0.25) is 19.6 Å². The van der Waals surface area contributed by atoms with Crippen molar-refractivity contribution in [1.29, 1.82) is 0 Å². The van der Waals surface area contributed by atoms with Crippen molar-refractivity contribution >= 4 is 25.4 Å². The van der Waals surface area contributed by atoms with Crippen LogP contribution in [0, 0.1) is 11.5 Å². The first-order chi connectivity index (χ1) is 11.0. The van der Waals surface area contributed by atoms with Gasteiger partial charge in [-0.2, -0.15) is 0 Å². The third kappa shape index (κ3) is 4.07. The van der Waals surface area contributed by atoms with Crippen LogP contribution >= 0.6 is 0 Å². The number of Topliss-reactive ketones (excluding diaryl/α,β-unsaturated/α-hetero) is 1. The summed E-state index contributed by atoms with van der Waals surface area (Å²) >= 11 is 0. The summed E-state index contributed by atoms with van der Waals surface area (Å²) in [6.07, 6.45) is -0.266. The van der Waals surface area contributed by atoms with Crippen molar-refractivity contribution in [3.63, 3.8) is 0 Å². The fraction of sp³-hybridized carbons (Fsp3) is 0.474. The topological polar surface area (TPSA) is 35.9 Å². The molecule has 0 unspecified atom stereocenters. The lowest BCUT2D eigenvalue weighted by Crippen LogP contribution is -2.53. The number of amidine groups is 1. The maximum absolute atomic E-state index is 12.2. The van der Waals surface area contributed by atoms with Crippen molar-refractivity contribution in [2.75, 3.05) is 5.01 Å². The van der Waals surface area contributed by atoms with Crippen LogP contribution in [-0.2, 0) is 4.79 Å². The van der Waals surface area contributed by atoms with Crippen molar-refractivity contribution in [1.82, 2.24) is 4.90 Å². The van der Waals surface area contributed by atoms with E-state index in [1.54, 1.807) is 6.92 Å². The first-order valence-corrected chi connectivity index (χ1v) is 11.8. The molecule has 0 fully saturated rings. The molecule has 0 aromatic heterocycles. The van der Waals surface area contributed by atoms with Gasteiger partial charge in [0.2, 0.25) is 0 Å². The van der Waals surface area contributed by atoms with Crippen LogP contribution < -0.4 is 5.01 Å². The lowest BCUT2D eigenvalue weighted by Gasteiger charge is -2.38. The molecule has 1 aliphatic rings. The van der Waals surface area contributed by atoms with E-state index in [-0.39, 0.29) is 17.5 Å². The quantitative estimate of drug-likeness (QED) is 0.607. The Morgan fingerprint density at radius 2 is 1.75 bits per heavy atom. The molecule has 4 nitrogen and oxygen atoms in total. The lowest BCUT2D eigenvalue weighted by molar-refractivity contribution is -0.112. The highest BCUT2D eigenvalue weighted by Crippen LogP contribution is 2.30. The van der Waals surface area contributed by atoms with Crippen molar-refractivity contribution in [3.8, 4) is 11.5 Å². The molecule has 0 spiro atoms. The average molecular weight is 342 g/mol. The number of hydrogen-bond acceptors (Lipinski definition) is 4. The first-order valence-electron chi connectivity index (χ1n) is 8.26. The van der Waals surface area contributed by atoms with Gasteiger partial charge in [0, 0.05) is 12.5 Å². The van der Waals surface area contributed by atoms with E-state index < -0.39 is 8.07 Å². The number of para-hydroxylation sites is 1. The van der Waals surface area contributed by atoms with E-state index in [0.29, 0.717) is 5.84 Å². The number of carbonyl (C=O) groups is 1. The zero-order valence-corrected chi connectivity index (χ0v) is 16.7. The van der Waals surface area contributed by atoms with Crippen molar-refractivity contribution < 1.29 is 4.79 Å². The van der Waals surface area contributed by atoms with Gasteiger partial charge in [0.15, 0.2) is 17.8 Å². The molecule has 1 aromatic rings. The van der Waals surface area contributed by atoms with E-state index in [9.17, 15) is 4.79 Å². The fourth-order valence-corrected chi connectivity index (χ4v) is 3.10. The number of nitrogens with zero attached hydrogens (tertiary/aromatic N) is 3.